The highest BCUT2D eigenvalue weighted by Gasteiger charge is 2.26. The second kappa shape index (κ2) is 9.26. The summed E-state index contributed by atoms with van der Waals surface area (Å²) in [6, 6.07) is 3.61. The molecule has 0 aromatic carbocycles. The number of ketones is 1. The van der Waals surface area contributed by atoms with Gasteiger partial charge in [0.15, 0.2) is 5.78 Å². The Morgan fingerprint density at radius 1 is 1.14 bits per heavy atom. The number of fused-ring (bicyclic) bond motifs is 1. The summed E-state index contributed by atoms with van der Waals surface area (Å²) in [5.74, 6) is 1.95. The zero-order valence-electron chi connectivity index (χ0n) is 20.5. The second-order valence-electron chi connectivity index (χ2n) is 10.0. The van der Waals surface area contributed by atoms with Crippen LogP contribution in [0.15, 0.2) is 34.2 Å². The quantitative estimate of drug-likeness (QED) is 0.494. The number of carbonyl (C=O) groups excluding carboxylic acids is 1. The Hall–Kier alpha value is -3.53. The van der Waals surface area contributed by atoms with E-state index in [4.69, 9.17) is 14.2 Å². The molecule has 35 heavy (non-hydrogen) atoms. The van der Waals surface area contributed by atoms with Crippen LogP contribution in [0.4, 0.5) is 11.5 Å². The molecular formula is C25H29N7O3. The Kier molecular flexibility index (Phi) is 6.14. The fraction of sp³-hybridized carbons (Fsp3) is 0.480. The summed E-state index contributed by atoms with van der Waals surface area (Å²) in [6.07, 6.45) is 4.04. The number of ether oxygens (including phenoxy) is 1. The molecule has 3 aromatic heterocycles. The number of Topliss-reactive ketones (excluding diaryl/α,β-unsaturated/α-hetero) is 1. The van der Waals surface area contributed by atoms with Crippen LogP contribution in [-0.4, -0.2) is 62.9 Å². The zero-order valence-corrected chi connectivity index (χ0v) is 20.5. The number of hydrogen-bond acceptors (Lipinski definition) is 10. The molecule has 3 aromatic rings. The van der Waals surface area contributed by atoms with Gasteiger partial charge >= 0.3 is 0 Å². The maximum Gasteiger partial charge on any atom is 0.182 e. The number of nitrogens with zero attached hydrogens (tertiary/aromatic N) is 7. The predicted molar refractivity (Wildman–Crippen MR) is 130 cm³/mol. The van der Waals surface area contributed by atoms with Crippen LogP contribution in [0.3, 0.4) is 0 Å². The van der Waals surface area contributed by atoms with E-state index in [9.17, 15) is 4.79 Å². The molecule has 0 aliphatic carbocycles. The first kappa shape index (κ1) is 23.2. The average molecular weight is 476 g/mol. The zero-order chi connectivity index (χ0) is 24.6. The summed E-state index contributed by atoms with van der Waals surface area (Å²) < 4.78 is 11.0. The summed E-state index contributed by atoms with van der Waals surface area (Å²) in [4.78, 5) is 37.4. The molecule has 0 spiro atoms. The van der Waals surface area contributed by atoms with Crippen molar-refractivity contribution in [3.8, 4) is 0 Å². The molecule has 0 radical (unpaired) electrons. The van der Waals surface area contributed by atoms with Gasteiger partial charge in [-0.2, -0.15) is 0 Å². The lowest BCUT2D eigenvalue weighted by Gasteiger charge is -2.27. The van der Waals surface area contributed by atoms with E-state index in [-0.39, 0.29) is 23.5 Å². The minimum Gasteiger partial charge on any atom is -0.378 e. The minimum atomic E-state index is -0.165. The number of aliphatic imine (C=N–C) groups is 1. The molecule has 182 valence electrons. The number of carbonyl (C=O) groups is 1. The van der Waals surface area contributed by atoms with Gasteiger partial charge in [0.25, 0.3) is 0 Å². The molecule has 10 heteroatoms. The standard InChI is InChI=1S/C25H29N7O3/c1-15(9-21(33)19-12-23(28-14-27-19)32-5-7-34-8-6-32)22-11-18(31-35-22)16-10-17-20(29-16)13-26-24(30-17)25(2,3)4/h11-15H,5-10H2,1-4H3/t15-/m0/s1. The molecule has 1 saturated heterocycles. The molecule has 2 aliphatic rings. The third kappa shape index (κ3) is 4.97. The molecule has 0 unspecified atom stereocenters. The minimum absolute atomic E-state index is 0.0667. The van der Waals surface area contributed by atoms with Gasteiger partial charge in [0, 0.05) is 49.4 Å². The predicted octanol–water partition coefficient (Wildman–Crippen LogP) is 3.44. The smallest absolute Gasteiger partial charge is 0.182 e. The normalized spacial score (nSPS) is 16.7. The van der Waals surface area contributed by atoms with E-state index in [0.29, 0.717) is 36.8 Å². The molecule has 0 bridgehead atoms. The monoisotopic (exact) mass is 475 g/mol. The van der Waals surface area contributed by atoms with Crippen LogP contribution in [0, 0.1) is 0 Å². The van der Waals surface area contributed by atoms with Gasteiger partial charge in [-0.3, -0.25) is 4.79 Å². The topological polar surface area (TPSA) is 119 Å². The number of hydrogen-bond donors (Lipinski definition) is 0. The van der Waals surface area contributed by atoms with Crippen LogP contribution in [0.5, 0.6) is 0 Å². The van der Waals surface area contributed by atoms with Crippen molar-refractivity contribution in [2.75, 3.05) is 31.2 Å². The lowest BCUT2D eigenvalue weighted by molar-refractivity contribution is 0.0966. The molecular weight excluding hydrogens is 446 g/mol. The van der Waals surface area contributed by atoms with Gasteiger partial charge in [-0.25, -0.2) is 24.9 Å². The molecule has 5 rings (SSSR count). The van der Waals surface area contributed by atoms with Crippen molar-refractivity contribution in [1.82, 2.24) is 25.1 Å². The van der Waals surface area contributed by atoms with E-state index in [2.05, 4.69) is 50.8 Å². The van der Waals surface area contributed by atoms with E-state index < -0.39 is 0 Å². The first-order valence-electron chi connectivity index (χ1n) is 11.9. The summed E-state index contributed by atoms with van der Waals surface area (Å²) in [5, 5.41) is 4.22. The van der Waals surface area contributed by atoms with Crippen molar-refractivity contribution in [3.63, 3.8) is 0 Å². The van der Waals surface area contributed by atoms with Crippen molar-refractivity contribution in [3.05, 3.63) is 53.3 Å². The van der Waals surface area contributed by atoms with Crippen molar-refractivity contribution in [1.29, 1.82) is 0 Å². The molecule has 10 nitrogen and oxygen atoms in total. The van der Waals surface area contributed by atoms with Crippen molar-refractivity contribution in [2.45, 2.75) is 51.9 Å². The summed E-state index contributed by atoms with van der Waals surface area (Å²) >= 11 is 0. The van der Waals surface area contributed by atoms with Gasteiger partial charge < -0.3 is 14.2 Å². The van der Waals surface area contributed by atoms with E-state index in [0.717, 1.165) is 41.8 Å². The van der Waals surface area contributed by atoms with E-state index in [1.165, 1.54) is 6.33 Å². The van der Waals surface area contributed by atoms with Gasteiger partial charge in [0.2, 0.25) is 0 Å². The lowest BCUT2D eigenvalue weighted by atomic mass is 9.95. The van der Waals surface area contributed by atoms with Crippen LogP contribution in [0.25, 0.3) is 0 Å². The fourth-order valence-electron chi connectivity index (χ4n) is 4.09. The van der Waals surface area contributed by atoms with E-state index in [1.807, 2.05) is 13.0 Å². The summed E-state index contributed by atoms with van der Waals surface area (Å²) in [7, 11) is 0. The molecule has 1 fully saturated rings. The van der Waals surface area contributed by atoms with Crippen molar-refractivity contribution < 1.29 is 14.1 Å². The highest BCUT2D eigenvalue weighted by molar-refractivity contribution is 6.04. The molecule has 0 N–H and O–H groups in total. The highest BCUT2D eigenvalue weighted by Crippen LogP contribution is 2.30. The molecule has 0 saturated carbocycles. The molecule has 0 amide bonds. The van der Waals surface area contributed by atoms with Gasteiger partial charge in [0.05, 0.1) is 30.8 Å². The van der Waals surface area contributed by atoms with Crippen LogP contribution in [0.1, 0.15) is 73.5 Å². The Bertz CT molecular complexity index is 1270. The van der Waals surface area contributed by atoms with Gasteiger partial charge in [-0.1, -0.05) is 32.9 Å². The third-order valence-electron chi connectivity index (χ3n) is 6.18. The molecule has 2 aliphatic heterocycles. The highest BCUT2D eigenvalue weighted by atomic mass is 16.5. The number of anilines is 1. The summed E-state index contributed by atoms with van der Waals surface area (Å²) in [5.41, 5.74) is 3.38. The Labute approximate surface area is 203 Å². The molecule has 1 atom stereocenters. The third-order valence-corrected chi connectivity index (χ3v) is 6.18. The van der Waals surface area contributed by atoms with Crippen LogP contribution >= 0.6 is 0 Å². The Morgan fingerprint density at radius 3 is 2.71 bits per heavy atom. The number of morpholine rings is 1. The van der Waals surface area contributed by atoms with Crippen LogP contribution in [-0.2, 0) is 16.6 Å². The number of aromatic nitrogens is 5. The average Bonchev–Trinajstić information content (AvgIpc) is 3.51. The first-order valence-corrected chi connectivity index (χ1v) is 11.9. The fourth-order valence-corrected chi connectivity index (χ4v) is 4.09. The van der Waals surface area contributed by atoms with Gasteiger partial charge in [0.1, 0.15) is 40.8 Å². The SMILES string of the molecule is C[C@@H](CC(=O)c1cc(N2CCOCC2)ncn1)c1cc(C2=Nc3cnc(C(C)(C)C)nc3C2)no1. The van der Waals surface area contributed by atoms with E-state index in [1.54, 1.807) is 12.3 Å². The van der Waals surface area contributed by atoms with Crippen molar-refractivity contribution >= 4 is 23.0 Å². The molecule has 5 heterocycles. The number of rotatable bonds is 6. The van der Waals surface area contributed by atoms with Crippen molar-refractivity contribution in [2.24, 2.45) is 4.99 Å². The lowest BCUT2D eigenvalue weighted by Crippen LogP contribution is -2.36. The van der Waals surface area contributed by atoms with Gasteiger partial charge in [-0.05, 0) is 0 Å². The van der Waals surface area contributed by atoms with Crippen LogP contribution in [0.2, 0.25) is 0 Å². The maximum atomic E-state index is 13.0. The maximum absolute atomic E-state index is 13.0. The second-order valence-corrected chi connectivity index (χ2v) is 10.0. The largest absolute Gasteiger partial charge is 0.378 e. The summed E-state index contributed by atoms with van der Waals surface area (Å²) in [6.45, 7) is 11.0. The Balaban J connectivity index is 1.25. The van der Waals surface area contributed by atoms with E-state index >= 15 is 0 Å². The first-order chi connectivity index (χ1) is 16.8. The Morgan fingerprint density at radius 2 is 1.94 bits per heavy atom. The van der Waals surface area contributed by atoms with Gasteiger partial charge in [-0.15, -0.1) is 0 Å². The van der Waals surface area contributed by atoms with Crippen LogP contribution < -0.4 is 4.90 Å².